The Bertz CT molecular complexity index is 518. The number of aliphatic hydroxyl groups excluding tert-OH is 1. The van der Waals surface area contributed by atoms with E-state index >= 15 is 0 Å². The lowest BCUT2D eigenvalue weighted by Crippen LogP contribution is -2.15. The molecule has 0 fully saturated rings. The molecule has 6 heteroatoms. The zero-order valence-electron chi connectivity index (χ0n) is 10.4. The minimum absolute atomic E-state index is 0.0341. The highest BCUT2D eigenvalue weighted by atomic mass is 35.5. The molecule has 0 saturated carbocycles. The third-order valence-electron chi connectivity index (χ3n) is 2.63. The Hall–Kier alpha value is -1.30. The highest BCUT2D eigenvalue weighted by molar-refractivity contribution is 7.98. The second-order valence-electron chi connectivity index (χ2n) is 3.89. The van der Waals surface area contributed by atoms with E-state index < -0.39 is 0 Å². The van der Waals surface area contributed by atoms with Gasteiger partial charge < -0.3 is 10.4 Å². The van der Waals surface area contributed by atoms with E-state index in [0.29, 0.717) is 10.8 Å². The van der Waals surface area contributed by atoms with Crippen molar-refractivity contribution in [1.82, 2.24) is 10.2 Å². The number of nitrogens with one attached hydrogen (secondary N) is 1. The first-order valence-electron chi connectivity index (χ1n) is 5.73. The van der Waals surface area contributed by atoms with Crippen LogP contribution < -0.4 is 5.32 Å². The number of anilines is 1. The fourth-order valence-electron chi connectivity index (χ4n) is 1.61. The van der Waals surface area contributed by atoms with E-state index in [1.165, 1.54) is 11.8 Å². The molecule has 0 aliphatic rings. The Balaban J connectivity index is 2.11. The molecule has 2 aromatic rings. The van der Waals surface area contributed by atoms with E-state index in [2.05, 4.69) is 15.5 Å². The molecule has 19 heavy (non-hydrogen) atoms. The summed E-state index contributed by atoms with van der Waals surface area (Å²) in [4.78, 5) is 0. The smallest absolute Gasteiger partial charge is 0.149 e. The van der Waals surface area contributed by atoms with Gasteiger partial charge in [0.05, 0.1) is 12.6 Å². The van der Waals surface area contributed by atoms with Crippen LogP contribution in [0.4, 0.5) is 5.82 Å². The number of thioether (sulfide) groups is 1. The van der Waals surface area contributed by atoms with Crippen LogP contribution in [0, 0.1) is 0 Å². The van der Waals surface area contributed by atoms with Crippen LogP contribution in [-0.2, 0) is 0 Å². The molecule has 0 aliphatic carbocycles. The lowest BCUT2D eigenvalue weighted by Gasteiger charge is -2.17. The molecule has 2 rings (SSSR count). The predicted octanol–water partition coefficient (Wildman–Crippen LogP) is 3.00. The SMILES string of the molecule is CSc1ccc(NC(CO)c2ccc(Cl)cc2)nn1. The molecular weight excluding hydrogens is 282 g/mol. The topological polar surface area (TPSA) is 58.0 Å². The van der Waals surface area contributed by atoms with Gasteiger partial charge in [-0.2, -0.15) is 0 Å². The van der Waals surface area contributed by atoms with Gasteiger partial charge in [0.2, 0.25) is 0 Å². The lowest BCUT2D eigenvalue weighted by atomic mass is 10.1. The first-order valence-corrected chi connectivity index (χ1v) is 7.34. The number of hydrogen-bond acceptors (Lipinski definition) is 5. The molecule has 0 saturated heterocycles. The summed E-state index contributed by atoms with van der Waals surface area (Å²) in [5.41, 5.74) is 0.947. The fraction of sp³-hybridized carbons (Fsp3) is 0.231. The highest BCUT2D eigenvalue weighted by Gasteiger charge is 2.11. The van der Waals surface area contributed by atoms with E-state index in [9.17, 15) is 5.11 Å². The van der Waals surface area contributed by atoms with Gasteiger partial charge in [-0.25, -0.2) is 0 Å². The molecule has 100 valence electrons. The molecule has 0 bridgehead atoms. The van der Waals surface area contributed by atoms with Crippen LogP contribution in [0.2, 0.25) is 5.02 Å². The van der Waals surface area contributed by atoms with Crippen molar-refractivity contribution in [1.29, 1.82) is 0 Å². The molecule has 0 aliphatic heterocycles. The summed E-state index contributed by atoms with van der Waals surface area (Å²) in [6.45, 7) is -0.0341. The van der Waals surface area contributed by atoms with E-state index in [1.807, 2.05) is 30.5 Å². The first kappa shape index (κ1) is 14.1. The van der Waals surface area contributed by atoms with Crippen LogP contribution in [0.25, 0.3) is 0 Å². The summed E-state index contributed by atoms with van der Waals surface area (Å²) in [5.74, 6) is 0.631. The second kappa shape index (κ2) is 6.75. The second-order valence-corrected chi connectivity index (χ2v) is 5.15. The maximum absolute atomic E-state index is 9.46. The Morgan fingerprint density at radius 1 is 1.21 bits per heavy atom. The molecule has 0 amide bonds. The van der Waals surface area contributed by atoms with Crippen molar-refractivity contribution in [2.75, 3.05) is 18.2 Å². The van der Waals surface area contributed by atoms with Crippen LogP contribution in [0.3, 0.4) is 0 Å². The Morgan fingerprint density at radius 2 is 1.95 bits per heavy atom. The number of aliphatic hydroxyl groups is 1. The van der Waals surface area contributed by atoms with Gasteiger partial charge in [0.25, 0.3) is 0 Å². The number of aromatic nitrogens is 2. The monoisotopic (exact) mass is 295 g/mol. The van der Waals surface area contributed by atoms with Gasteiger partial charge in [-0.1, -0.05) is 23.7 Å². The predicted molar refractivity (Wildman–Crippen MR) is 78.7 cm³/mol. The molecule has 1 aromatic heterocycles. The minimum Gasteiger partial charge on any atom is -0.394 e. The third-order valence-corrected chi connectivity index (χ3v) is 3.51. The summed E-state index contributed by atoms with van der Waals surface area (Å²) >= 11 is 7.38. The van der Waals surface area contributed by atoms with E-state index in [4.69, 9.17) is 11.6 Å². The standard InChI is InChI=1S/C13H14ClN3OS/c1-19-13-7-6-12(16-17-13)15-11(8-18)9-2-4-10(14)5-3-9/h2-7,11,18H,8H2,1H3,(H,15,16). The van der Waals surface area contributed by atoms with Crippen LogP contribution in [0.1, 0.15) is 11.6 Å². The van der Waals surface area contributed by atoms with Crippen molar-refractivity contribution < 1.29 is 5.11 Å². The van der Waals surface area contributed by atoms with Gasteiger partial charge in [-0.15, -0.1) is 22.0 Å². The van der Waals surface area contributed by atoms with Crippen molar-refractivity contribution in [3.05, 3.63) is 47.0 Å². The largest absolute Gasteiger partial charge is 0.394 e. The van der Waals surface area contributed by atoms with Crippen LogP contribution >= 0.6 is 23.4 Å². The van der Waals surface area contributed by atoms with Crippen LogP contribution in [0.5, 0.6) is 0 Å². The van der Waals surface area contributed by atoms with E-state index in [1.54, 1.807) is 12.1 Å². The number of benzene rings is 1. The molecule has 1 aromatic carbocycles. The summed E-state index contributed by atoms with van der Waals surface area (Å²) in [5, 5.41) is 22.2. The molecule has 0 spiro atoms. The van der Waals surface area contributed by atoms with Gasteiger partial charge in [-0.05, 0) is 36.1 Å². The molecular formula is C13H14ClN3OS. The van der Waals surface area contributed by atoms with E-state index in [0.717, 1.165) is 10.6 Å². The number of rotatable bonds is 5. The van der Waals surface area contributed by atoms with Crippen molar-refractivity contribution in [2.24, 2.45) is 0 Å². The average Bonchev–Trinajstić information content (AvgIpc) is 2.46. The molecule has 1 atom stereocenters. The average molecular weight is 296 g/mol. The number of nitrogens with zero attached hydrogens (tertiary/aromatic N) is 2. The van der Waals surface area contributed by atoms with Crippen molar-refractivity contribution >= 4 is 29.2 Å². The van der Waals surface area contributed by atoms with Crippen molar-refractivity contribution in [2.45, 2.75) is 11.1 Å². The Labute approximate surface area is 121 Å². The molecule has 1 unspecified atom stereocenters. The lowest BCUT2D eigenvalue weighted by molar-refractivity contribution is 0.276. The molecule has 1 heterocycles. The Kier molecular flexibility index (Phi) is 5.01. The highest BCUT2D eigenvalue weighted by Crippen LogP contribution is 2.20. The van der Waals surface area contributed by atoms with Gasteiger partial charge in [0, 0.05) is 5.02 Å². The van der Waals surface area contributed by atoms with Crippen molar-refractivity contribution in [3.63, 3.8) is 0 Å². The number of halogens is 1. The maximum Gasteiger partial charge on any atom is 0.149 e. The Morgan fingerprint density at radius 3 is 2.47 bits per heavy atom. The number of hydrogen-bond donors (Lipinski definition) is 2. The third kappa shape index (κ3) is 3.83. The fourth-order valence-corrected chi connectivity index (χ4v) is 2.07. The zero-order chi connectivity index (χ0) is 13.7. The summed E-state index contributed by atoms with van der Waals surface area (Å²) in [7, 11) is 0. The van der Waals surface area contributed by atoms with Crippen LogP contribution in [-0.4, -0.2) is 28.2 Å². The van der Waals surface area contributed by atoms with Gasteiger partial charge in [0.1, 0.15) is 10.8 Å². The normalized spacial score (nSPS) is 12.2. The van der Waals surface area contributed by atoms with E-state index in [-0.39, 0.29) is 12.6 Å². The van der Waals surface area contributed by atoms with Gasteiger partial charge in [0.15, 0.2) is 0 Å². The zero-order valence-corrected chi connectivity index (χ0v) is 11.9. The first-order chi connectivity index (χ1) is 9.22. The minimum atomic E-state index is -0.230. The maximum atomic E-state index is 9.46. The van der Waals surface area contributed by atoms with Gasteiger partial charge in [-0.3, -0.25) is 0 Å². The molecule has 0 radical (unpaired) electrons. The van der Waals surface area contributed by atoms with Crippen LogP contribution in [0.15, 0.2) is 41.4 Å². The molecule has 2 N–H and O–H groups in total. The van der Waals surface area contributed by atoms with Gasteiger partial charge >= 0.3 is 0 Å². The summed E-state index contributed by atoms with van der Waals surface area (Å²) in [6, 6.07) is 10.8. The molecule has 4 nitrogen and oxygen atoms in total. The summed E-state index contributed by atoms with van der Waals surface area (Å²) in [6.07, 6.45) is 1.95. The quantitative estimate of drug-likeness (QED) is 0.831. The van der Waals surface area contributed by atoms with Crippen molar-refractivity contribution in [3.8, 4) is 0 Å². The summed E-state index contributed by atoms with van der Waals surface area (Å²) < 4.78 is 0.